The fourth-order valence-electron chi connectivity index (χ4n) is 12.3. The van der Waals surface area contributed by atoms with Gasteiger partial charge in [-0.1, -0.05) is 111 Å². The first kappa shape index (κ1) is 103. The van der Waals surface area contributed by atoms with Crippen LogP contribution in [0.15, 0.2) is 127 Å². The number of ketones is 3. The molecule has 0 saturated carbocycles. The molecule has 0 radical (unpaired) electrons. The van der Waals surface area contributed by atoms with Crippen LogP contribution in [0.5, 0.6) is 5.75 Å². The van der Waals surface area contributed by atoms with Gasteiger partial charge in [0.1, 0.15) is 19.0 Å². The molecule has 122 heavy (non-hydrogen) atoms. The molecule has 666 valence electrons. The molecule has 4 aromatic rings. The molecule has 4 rings (SSSR count). The number of non-ortho nitro benzene ring substituents is 1. The van der Waals surface area contributed by atoms with Gasteiger partial charge in [0, 0.05) is 137 Å². The van der Waals surface area contributed by atoms with E-state index in [0.29, 0.717) is 92.6 Å². The second-order valence-electron chi connectivity index (χ2n) is 30.1. The number of rotatable bonds is 52. The average Bonchev–Trinajstić information content (AvgIpc) is 0.838. The summed E-state index contributed by atoms with van der Waals surface area (Å²) in [6.07, 6.45) is 6.91. The van der Waals surface area contributed by atoms with E-state index in [0.717, 1.165) is 24.3 Å². The summed E-state index contributed by atoms with van der Waals surface area (Å²) in [5, 5.41) is 35.1. The number of unbranched alkanes of at least 4 members (excludes halogenated alkanes) is 4. The molecule has 4 aromatic carbocycles. The third-order valence-electron chi connectivity index (χ3n) is 18.9. The lowest BCUT2D eigenvalue weighted by Crippen LogP contribution is -2.47. The molecular formula is C86H119N13O23. The van der Waals surface area contributed by atoms with Crippen LogP contribution < -0.4 is 64.1 Å². The molecule has 0 spiro atoms. The Hall–Kier alpha value is -12.9. The van der Waals surface area contributed by atoms with E-state index < -0.39 is 101 Å². The van der Waals surface area contributed by atoms with Crippen molar-refractivity contribution in [3.05, 3.63) is 149 Å². The summed E-state index contributed by atoms with van der Waals surface area (Å²) < 4.78 is 24.6. The van der Waals surface area contributed by atoms with Crippen molar-refractivity contribution in [3.63, 3.8) is 0 Å². The van der Waals surface area contributed by atoms with Crippen LogP contribution in [0.1, 0.15) is 163 Å². The van der Waals surface area contributed by atoms with E-state index in [1.54, 1.807) is 100 Å². The minimum Gasteiger partial charge on any atom is -0.466 e. The van der Waals surface area contributed by atoms with E-state index >= 15 is 0 Å². The Balaban J connectivity index is 0.000000642. The van der Waals surface area contributed by atoms with E-state index in [4.69, 9.17) is 25.7 Å². The van der Waals surface area contributed by atoms with E-state index in [1.165, 1.54) is 50.4 Å². The SMILES string of the molecule is COC(=O)/C=C\C(=O)NCCCCCC(=O)N[C@H](C(=O)C[C@@H](CCCNC(N)=O)C(=O)Nc1ccc(COC(=O)N(C)[C@H](C(=O)C[C@H](C(=O)Nc2ccccc2)C(C)C)C(C)C)cc1)C(C)C.COC(=O)/C=C\C(=O)NCCCCCC(=O)N[C@H](C(=O)C[C@@H](CCCNC(N)=O)C(=O)Nc1ccc(COC(=O)Oc2ccc([N+](=O)[O-])cc2)cc1)C(C)C. The van der Waals surface area contributed by atoms with E-state index in [9.17, 15) is 86.8 Å². The normalized spacial score (nSPS) is 12.5. The van der Waals surface area contributed by atoms with Crippen LogP contribution in [0.4, 0.5) is 41.9 Å². The van der Waals surface area contributed by atoms with Crippen molar-refractivity contribution in [1.29, 1.82) is 0 Å². The molecule has 0 aliphatic rings. The number of anilines is 3. The van der Waals surface area contributed by atoms with Crippen molar-refractivity contribution in [2.45, 2.75) is 183 Å². The van der Waals surface area contributed by atoms with Gasteiger partial charge in [-0.25, -0.2) is 28.8 Å². The molecule has 0 saturated heterocycles. The molecule has 0 unspecified atom stereocenters. The Morgan fingerprint density at radius 2 is 0.861 bits per heavy atom. The third kappa shape index (κ3) is 42.1. The van der Waals surface area contributed by atoms with Crippen LogP contribution in [0, 0.1) is 51.5 Å². The first-order valence-corrected chi connectivity index (χ1v) is 40.4. The number of ether oxygens (including phenoxy) is 5. The van der Waals surface area contributed by atoms with Crippen LogP contribution >= 0.6 is 0 Å². The molecule has 0 aliphatic heterocycles. The number of hydrogen-bond acceptors (Lipinski definition) is 23. The van der Waals surface area contributed by atoms with Gasteiger partial charge in [-0.05, 0) is 135 Å². The molecule has 12 amide bonds. The van der Waals surface area contributed by atoms with Crippen molar-refractivity contribution in [3.8, 4) is 5.75 Å². The quantitative estimate of drug-likeness (QED) is 0.00372. The number of esters is 2. The van der Waals surface area contributed by atoms with Crippen molar-refractivity contribution < 1.29 is 105 Å². The fraction of sp³-hybridized carbons (Fsp3) is 0.488. The lowest BCUT2D eigenvalue weighted by Gasteiger charge is -2.31. The third-order valence-corrected chi connectivity index (χ3v) is 18.9. The Labute approximate surface area is 710 Å². The molecule has 36 heteroatoms. The molecule has 0 heterocycles. The zero-order chi connectivity index (χ0) is 90.8. The van der Waals surface area contributed by atoms with Gasteiger partial charge >= 0.3 is 36.2 Å². The number of likely N-dealkylation sites (N-methyl/N-ethyl adjacent to an activating group) is 1. The number of nitrogens with zero attached hydrogens (tertiary/aromatic N) is 2. The number of Topliss-reactive ketones (excluding diaryl/α,β-unsaturated/α-hetero) is 3. The molecule has 0 aliphatic carbocycles. The zero-order valence-corrected chi connectivity index (χ0v) is 71.2. The van der Waals surface area contributed by atoms with Gasteiger partial charge in [0.15, 0.2) is 17.3 Å². The van der Waals surface area contributed by atoms with Crippen molar-refractivity contribution in [2.75, 3.05) is 63.4 Å². The lowest BCUT2D eigenvalue weighted by molar-refractivity contribution is -0.384. The Morgan fingerprint density at radius 1 is 0.451 bits per heavy atom. The largest absolute Gasteiger partial charge is 0.514 e. The van der Waals surface area contributed by atoms with Crippen LogP contribution in [-0.4, -0.2) is 170 Å². The maximum Gasteiger partial charge on any atom is 0.514 e. The van der Waals surface area contributed by atoms with E-state index in [1.807, 2.05) is 33.8 Å². The molecule has 36 nitrogen and oxygen atoms in total. The standard InChI is InChI=1S/C49H71N7O11.C37H48N6O12/c1-31(2)38(47(63)54-36-17-11-9-12-18-36)29-40(58)45(33(5)6)56(7)49(65)67-30-34-20-22-37(23-21-34)53-46(62)35(16-15-27-52-48(50)64)28-39(57)44(32(3)4)55-42(60)19-13-10-14-26-51-41(59)24-25-43(61)66-8;1-24(2)34(42-32(46)9-5-4-6-20-39-31(45)18-19-33(47)53-3)30(44)22-26(8-7-21-40-36(38)49)35(48)41-27-12-10-25(11-13-27)23-54-37(50)55-29-16-14-28(15-17-29)43(51)52/h9,11-12,17-18,20-25,31-33,35,38,44-45H,10,13-16,19,26-30H2,1-8H3,(H,51,59)(H,53,62)(H,54,63)(H,55,60)(H3,50,52,64);10-19,24,26,34H,4-9,20-23H2,1-3H3,(H,39,45)(H,41,48)(H,42,46)(H3,38,40,49)/b25-24-;19-18-/t35-,38+,44+,45+;26-,34+/m11/s1. The van der Waals surface area contributed by atoms with Crippen LogP contribution in [-0.2, 0) is 89.7 Å². The Kier molecular flexibility index (Phi) is 47.8. The predicted octanol–water partition coefficient (Wildman–Crippen LogP) is 9.48. The summed E-state index contributed by atoms with van der Waals surface area (Å²) in [5.41, 5.74) is 12.8. The number of carbonyl (C=O) groups excluding carboxylic acids is 16. The van der Waals surface area contributed by atoms with Crippen LogP contribution in [0.2, 0.25) is 0 Å². The second-order valence-corrected chi connectivity index (χ2v) is 30.1. The number of methoxy groups -OCH3 is 2. The van der Waals surface area contributed by atoms with Crippen molar-refractivity contribution in [1.82, 2.24) is 36.8 Å². The number of amides is 12. The number of hydrogen-bond donors (Lipinski definition) is 11. The van der Waals surface area contributed by atoms with Gasteiger partial charge in [0.05, 0.1) is 37.3 Å². The summed E-state index contributed by atoms with van der Waals surface area (Å²) in [6, 6.07) is 22.9. The minimum atomic E-state index is -1.02. The molecular weight excluding hydrogens is 1580 g/mol. The summed E-state index contributed by atoms with van der Waals surface area (Å²) in [4.78, 5) is 212. The molecule has 6 atom stereocenters. The minimum absolute atomic E-state index is 0.0633. The summed E-state index contributed by atoms with van der Waals surface area (Å²) in [5.74, 6) is -8.07. The smallest absolute Gasteiger partial charge is 0.466 e. The number of carbonyl (C=O) groups is 16. The van der Waals surface area contributed by atoms with Crippen LogP contribution in [0.3, 0.4) is 0 Å². The fourth-order valence-corrected chi connectivity index (χ4v) is 12.3. The van der Waals surface area contributed by atoms with Gasteiger partial charge in [-0.3, -0.25) is 58.1 Å². The topological polar surface area (TPSA) is 526 Å². The van der Waals surface area contributed by atoms with Gasteiger partial charge in [-0.15, -0.1) is 0 Å². The van der Waals surface area contributed by atoms with Crippen molar-refractivity contribution >= 4 is 118 Å². The number of nitrogens with two attached hydrogens (primary N) is 2. The van der Waals surface area contributed by atoms with Gasteiger partial charge in [0.25, 0.3) is 5.69 Å². The molecule has 0 bridgehead atoms. The highest BCUT2D eigenvalue weighted by Gasteiger charge is 2.36. The number of benzene rings is 4. The maximum atomic E-state index is 13.7. The monoisotopic (exact) mass is 1700 g/mol. The number of primary amides is 2. The highest BCUT2D eigenvalue weighted by Crippen LogP contribution is 2.27. The zero-order valence-electron chi connectivity index (χ0n) is 71.2. The molecule has 0 fully saturated rings. The average molecular weight is 1700 g/mol. The highest BCUT2D eigenvalue weighted by molar-refractivity contribution is 6.00. The van der Waals surface area contributed by atoms with Gasteiger partial charge in [-0.2, -0.15) is 0 Å². The number of nitrogens with one attached hydrogen (secondary N) is 9. The van der Waals surface area contributed by atoms with Crippen LogP contribution in [0.25, 0.3) is 0 Å². The first-order chi connectivity index (χ1) is 57.9. The Bertz CT molecular complexity index is 4180. The number of nitro benzene ring substituents is 1. The number of nitro groups is 1. The Morgan fingerprint density at radius 3 is 1.25 bits per heavy atom. The van der Waals surface area contributed by atoms with E-state index in [-0.39, 0.29) is 141 Å². The number of para-hydroxylation sites is 1. The summed E-state index contributed by atoms with van der Waals surface area (Å²) >= 11 is 0. The van der Waals surface area contributed by atoms with Gasteiger partial charge in [0.2, 0.25) is 41.4 Å². The van der Waals surface area contributed by atoms with Crippen molar-refractivity contribution in [2.24, 2.45) is 52.9 Å². The predicted molar refractivity (Wildman–Crippen MR) is 452 cm³/mol. The summed E-state index contributed by atoms with van der Waals surface area (Å²) in [6.45, 7) is 15.3. The molecule has 13 N–H and O–H groups in total. The van der Waals surface area contributed by atoms with E-state index in [2.05, 4.69) is 57.3 Å². The first-order valence-electron chi connectivity index (χ1n) is 40.4. The maximum absolute atomic E-state index is 13.7. The molecule has 0 aromatic heterocycles. The second kappa shape index (κ2) is 56.5. The lowest BCUT2D eigenvalue weighted by atomic mass is 9.85. The number of urea groups is 2. The highest BCUT2D eigenvalue weighted by atomic mass is 16.7. The summed E-state index contributed by atoms with van der Waals surface area (Å²) in [7, 11) is 3.90. The van der Waals surface area contributed by atoms with Gasteiger partial charge < -0.3 is 87.9 Å².